The summed E-state index contributed by atoms with van der Waals surface area (Å²) >= 11 is 0. The van der Waals surface area contributed by atoms with Gasteiger partial charge < -0.3 is 15.2 Å². The maximum Gasteiger partial charge on any atom is 0.340 e. The Hall–Kier alpha value is -1.69. The molecule has 0 atom stereocenters. The molecule has 0 unspecified atom stereocenters. The molecule has 17 heavy (non-hydrogen) atoms. The Labute approximate surface area is 97.3 Å². The number of hydrogen-bond donors (Lipinski definition) is 1. The molecule has 1 aromatic rings. The largest absolute Gasteiger partial charge is 0.460 e. The van der Waals surface area contributed by atoms with E-state index < -0.39 is 17.6 Å². The number of hydrogen-bond acceptors (Lipinski definition) is 4. The quantitative estimate of drug-likeness (QED) is 0.487. The zero-order valence-electron chi connectivity index (χ0n) is 9.33. The van der Waals surface area contributed by atoms with E-state index in [0.717, 1.165) is 6.07 Å². The van der Waals surface area contributed by atoms with Crippen molar-refractivity contribution in [2.45, 2.75) is 6.92 Å². The minimum atomic E-state index is -1.14. The Kier molecular flexibility index (Phi) is 4.84. The lowest BCUT2D eigenvalue weighted by atomic mass is 10.1. The topological polar surface area (TPSA) is 61.5 Å². The Morgan fingerprint density at radius 2 is 1.94 bits per heavy atom. The highest BCUT2D eigenvalue weighted by Gasteiger charge is 2.15. The molecule has 0 aliphatic heterocycles. The van der Waals surface area contributed by atoms with Gasteiger partial charge in [-0.2, -0.15) is 0 Å². The Morgan fingerprint density at radius 1 is 1.29 bits per heavy atom. The molecule has 0 heterocycles. The molecule has 0 amide bonds. The van der Waals surface area contributed by atoms with Gasteiger partial charge in [-0.05, 0) is 13.0 Å². The summed E-state index contributed by atoms with van der Waals surface area (Å²) in [6.45, 7) is 2.58. The maximum atomic E-state index is 12.9. The first kappa shape index (κ1) is 13.4. The lowest BCUT2D eigenvalue weighted by Gasteiger charge is -2.07. The van der Waals surface area contributed by atoms with Crippen molar-refractivity contribution >= 4 is 11.7 Å². The molecular formula is C11H13F2NO3. The molecule has 0 aliphatic rings. The second kappa shape index (κ2) is 6.15. The first-order valence-corrected chi connectivity index (χ1v) is 5.05. The summed E-state index contributed by atoms with van der Waals surface area (Å²) in [7, 11) is 0. The van der Waals surface area contributed by atoms with Crippen LogP contribution in [-0.4, -0.2) is 25.8 Å². The van der Waals surface area contributed by atoms with E-state index in [2.05, 4.69) is 0 Å². The Morgan fingerprint density at radius 3 is 2.59 bits per heavy atom. The first-order valence-electron chi connectivity index (χ1n) is 5.05. The molecule has 0 saturated carbocycles. The highest BCUT2D eigenvalue weighted by Crippen LogP contribution is 2.17. The van der Waals surface area contributed by atoms with Gasteiger partial charge in [0.15, 0.2) is 11.6 Å². The summed E-state index contributed by atoms with van der Waals surface area (Å²) < 4.78 is 35.4. The average molecular weight is 245 g/mol. The molecule has 2 N–H and O–H groups in total. The minimum Gasteiger partial charge on any atom is -0.460 e. The van der Waals surface area contributed by atoms with Crippen LogP contribution in [-0.2, 0) is 9.47 Å². The molecule has 0 fully saturated rings. The van der Waals surface area contributed by atoms with E-state index >= 15 is 0 Å². The third-order valence-electron chi connectivity index (χ3n) is 1.98. The van der Waals surface area contributed by atoms with Crippen LogP contribution in [0.2, 0.25) is 0 Å². The summed E-state index contributed by atoms with van der Waals surface area (Å²) in [5, 5.41) is 0. The fourth-order valence-corrected chi connectivity index (χ4v) is 1.15. The lowest BCUT2D eigenvalue weighted by molar-refractivity contribution is 0.0336. The van der Waals surface area contributed by atoms with Gasteiger partial charge in [-0.15, -0.1) is 0 Å². The smallest absolute Gasteiger partial charge is 0.340 e. The highest BCUT2D eigenvalue weighted by atomic mass is 19.2. The average Bonchev–Trinajstić information content (AvgIpc) is 2.29. The van der Waals surface area contributed by atoms with Gasteiger partial charge in [0.1, 0.15) is 6.61 Å². The fourth-order valence-electron chi connectivity index (χ4n) is 1.15. The molecule has 1 rings (SSSR count). The molecule has 6 heteroatoms. The maximum absolute atomic E-state index is 12.9. The van der Waals surface area contributed by atoms with Crippen LogP contribution in [0, 0.1) is 11.6 Å². The standard InChI is InChI=1S/C11H13F2NO3/c1-2-16-3-4-17-11(15)7-5-8(12)9(13)6-10(7)14/h5-6H,2-4,14H2,1H3. The highest BCUT2D eigenvalue weighted by molar-refractivity contribution is 5.95. The number of ether oxygens (including phenoxy) is 2. The van der Waals surface area contributed by atoms with Gasteiger partial charge in [0.05, 0.1) is 12.2 Å². The van der Waals surface area contributed by atoms with Gasteiger partial charge in [-0.3, -0.25) is 0 Å². The number of nitrogens with two attached hydrogens (primary N) is 1. The number of benzene rings is 1. The molecule has 0 bridgehead atoms. The predicted octanol–water partition coefficient (Wildman–Crippen LogP) is 1.74. The number of carbonyl (C=O) groups is 1. The summed E-state index contributed by atoms with van der Waals surface area (Å²) in [4.78, 5) is 11.4. The molecule has 0 aromatic heterocycles. The normalized spacial score (nSPS) is 10.3. The number of anilines is 1. The van der Waals surface area contributed by atoms with E-state index in [1.807, 2.05) is 0 Å². The van der Waals surface area contributed by atoms with Crippen molar-refractivity contribution in [2.75, 3.05) is 25.6 Å². The molecule has 0 radical (unpaired) electrons. The molecule has 1 aromatic carbocycles. The molecular weight excluding hydrogens is 232 g/mol. The summed E-state index contributed by atoms with van der Waals surface area (Å²) in [5.41, 5.74) is 5.03. The molecule has 94 valence electrons. The zero-order chi connectivity index (χ0) is 12.8. The number of nitrogen functional groups attached to an aromatic ring is 1. The van der Waals surface area contributed by atoms with E-state index in [1.165, 1.54) is 0 Å². The van der Waals surface area contributed by atoms with Gasteiger partial charge in [0, 0.05) is 18.4 Å². The third-order valence-corrected chi connectivity index (χ3v) is 1.98. The predicted molar refractivity (Wildman–Crippen MR) is 57.5 cm³/mol. The second-order valence-corrected chi connectivity index (χ2v) is 3.19. The van der Waals surface area contributed by atoms with Gasteiger partial charge >= 0.3 is 5.97 Å². The van der Waals surface area contributed by atoms with E-state index in [4.69, 9.17) is 15.2 Å². The van der Waals surface area contributed by atoms with Crippen LogP contribution in [0.15, 0.2) is 12.1 Å². The van der Waals surface area contributed by atoms with Crippen LogP contribution in [0.3, 0.4) is 0 Å². The molecule has 0 aliphatic carbocycles. The summed E-state index contributed by atoms with van der Waals surface area (Å²) in [6, 6.07) is 1.46. The first-order chi connectivity index (χ1) is 8.06. The van der Waals surface area contributed by atoms with Crippen molar-refractivity contribution in [3.63, 3.8) is 0 Å². The van der Waals surface area contributed by atoms with Crippen molar-refractivity contribution in [3.8, 4) is 0 Å². The van der Waals surface area contributed by atoms with E-state index in [0.29, 0.717) is 12.7 Å². The molecule has 4 nitrogen and oxygen atoms in total. The number of esters is 1. The van der Waals surface area contributed by atoms with Crippen molar-refractivity contribution in [3.05, 3.63) is 29.3 Å². The second-order valence-electron chi connectivity index (χ2n) is 3.19. The van der Waals surface area contributed by atoms with Crippen LogP contribution in [0.4, 0.5) is 14.5 Å². The summed E-state index contributed by atoms with van der Waals surface area (Å²) in [5.74, 6) is -3.05. The Balaban J connectivity index is 2.66. The van der Waals surface area contributed by atoms with Crippen molar-refractivity contribution in [1.29, 1.82) is 0 Å². The van der Waals surface area contributed by atoms with E-state index in [9.17, 15) is 13.6 Å². The number of halogens is 2. The van der Waals surface area contributed by atoms with Crippen molar-refractivity contribution < 1.29 is 23.0 Å². The number of rotatable bonds is 5. The van der Waals surface area contributed by atoms with E-state index in [-0.39, 0.29) is 24.5 Å². The van der Waals surface area contributed by atoms with Gasteiger partial charge in [-0.1, -0.05) is 0 Å². The van der Waals surface area contributed by atoms with Gasteiger partial charge in [-0.25, -0.2) is 13.6 Å². The van der Waals surface area contributed by atoms with Crippen LogP contribution in [0.5, 0.6) is 0 Å². The van der Waals surface area contributed by atoms with Crippen LogP contribution in [0.1, 0.15) is 17.3 Å². The SMILES string of the molecule is CCOCCOC(=O)c1cc(F)c(F)cc1N. The van der Waals surface area contributed by atoms with Gasteiger partial charge in [0.2, 0.25) is 0 Å². The Bertz CT molecular complexity index is 410. The summed E-state index contributed by atoms with van der Waals surface area (Å²) in [6.07, 6.45) is 0. The van der Waals surface area contributed by atoms with Crippen molar-refractivity contribution in [2.24, 2.45) is 0 Å². The van der Waals surface area contributed by atoms with Crippen molar-refractivity contribution in [1.82, 2.24) is 0 Å². The van der Waals surface area contributed by atoms with Crippen LogP contribution >= 0.6 is 0 Å². The van der Waals surface area contributed by atoms with Gasteiger partial charge in [0.25, 0.3) is 0 Å². The van der Waals surface area contributed by atoms with Crippen LogP contribution in [0.25, 0.3) is 0 Å². The zero-order valence-corrected chi connectivity index (χ0v) is 9.33. The van der Waals surface area contributed by atoms with E-state index in [1.54, 1.807) is 6.92 Å². The monoisotopic (exact) mass is 245 g/mol. The molecule has 0 saturated heterocycles. The lowest BCUT2D eigenvalue weighted by Crippen LogP contribution is -2.13. The molecule has 0 spiro atoms. The third kappa shape index (κ3) is 3.67. The van der Waals surface area contributed by atoms with Crippen LogP contribution < -0.4 is 5.73 Å². The minimum absolute atomic E-state index is 0.0328. The fraction of sp³-hybridized carbons (Fsp3) is 0.364. The number of carbonyl (C=O) groups excluding carboxylic acids is 1.